The maximum absolute atomic E-state index is 10.1. The van der Waals surface area contributed by atoms with Crippen LogP contribution in [0.5, 0.6) is 0 Å². The quantitative estimate of drug-likeness (QED) is 0.739. The van der Waals surface area contributed by atoms with E-state index in [0.29, 0.717) is 19.6 Å². The topological polar surface area (TPSA) is 64.2 Å². The number of aliphatic hydroxyl groups is 1. The summed E-state index contributed by atoms with van der Waals surface area (Å²) in [5, 5.41) is 13.4. The van der Waals surface area contributed by atoms with E-state index in [0.717, 1.165) is 25.3 Å². The van der Waals surface area contributed by atoms with Gasteiger partial charge < -0.3 is 15.4 Å². The summed E-state index contributed by atoms with van der Waals surface area (Å²) in [6.07, 6.45) is 4.25. The molecule has 2 aromatic rings. The number of aliphatic hydroxyl groups excluding tert-OH is 1. The largest absolute Gasteiger partial charge is 0.390 e. The van der Waals surface area contributed by atoms with Crippen LogP contribution >= 0.6 is 0 Å². The van der Waals surface area contributed by atoms with Crippen molar-refractivity contribution < 1.29 is 5.11 Å². The fourth-order valence-corrected chi connectivity index (χ4v) is 2.82. The van der Waals surface area contributed by atoms with Gasteiger partial charge in [0.05, 0.1) is 12.6 Å². The molecular weight excluding hydrogens is 264 g/mol. The number of hydrogen-bond acceptors (Lipinski definition) is 4. The van der Waals surface area contributed by atoms with Gasteiger partial charge in [0, 0.05) is 38.6 Å². The molecule has 0 unspecified atom stereocenters. The van der Waals surface area contributed by atoms with Crippen molar-refractivity contribution in [2.24, 2.45) is 0 Å². The second-order valence-corrected chi connectivity index (χ2v) is 5.57. The van der Waals surface area contributed by atoms with E-state index < -0.39 is 0 Å². The second kappa shape index (κ2) is 6.85. The van der Waals surface area contributed by atoms with Crippen LogP contribution in [0.15, 0.2) is 36.7 Å². The normalized spacial score (nSPS) is 16.6. The molecule has 1 atom stereocenters. The number of imidazole rings is 1. The number of fused-ring (bicyclic) bond motifs is 1. The first-order valence-electron chi connectivity index (χ1n) is 7.47. The lowest BCUT2D eigenvalue weighted by molar-refractivity contribution is 0.104. The molecule has 0 saturated heterocycles. The standard InChI is InChI=1S/C16H22N4O/c21-15(9-17-10-16-18-6-7-19-16)12-20-8-5-13-3-1-2-4-14(13)11-20/h1-4,6-7,15,17,21H,5,8-12H2,(H,18,19)/t15-/m1/s1. The molecule has 3 rings (SSSR count). The number of nitrogens with zero attached hydrogens (tertiary/aromatic N) is 2. The zero-order valence-electron chi connectivity index (χ0n) is 12.1. The van der Waals surface area contributed by atoms with Crippen LogP contribution in [-0.4, -0.2) is 45.7 Å². The Balaban J connectivity index is 1.42. The zero-order valence-corrected chi connectivity index (χ0v) is 12.1. The Labute approximate surface area is 125 Å². The number of H-pyrrole nitrogens is 1. The lowest BCUT2D eigenvalue weighted by atomic mass is 10.00. The maximum atomic E-state index is 10.1. The van der Waals surface area contributed by atoms with E-state index in [2.05, 4.69) is 44.5 Å². The van der Waals surface area contributed by atoms with Gasteiger partial charge in [-0.25, -0.2) is 4.98 Å². The molecule has 0 bridgehead atoms. The van der Waals surface area contributed by atoms with Crippen LogP contribution < -0.4 is 5.32 Å². The second-order valence-electron chi connectivity index (χ2n) is 5.57. The van der Waals surface area contributed by atoms with E-state index in [1.807, 2.05) is 0 Å². The molecule has 3 N–H and O–H groups in total. The van der Waals surface area contributed by atoms with Crippen LogP contribution in [0, 0.1) is 0 Å². The fourth-order valence-electron chi connectivity index (χ4n) is 2.82. The first-order valence-corrected chi connectivity index (χ1v) is 7.47. The van der Waals surface area contributed by atoms with Gasteiger partial charge in [0.15, 0.2) is 0 Å². The average Bonchev–Trinajstić information content (AvgIpc) is 3.00. The number of aromatic amines is 1. The summed E-state index contributed by atoms with van der Waals surface area (Å²) < 4.78 is 0. The van der Waals surface area contributed by atoms with Crippen molar-refractivity contribution in [1.82, 2.24) is 20.2 Å². The van der Waals surface area contributed by atoms with Crippen LogP contribution in [0.25, 0.3) is 0 Å². The van der Waals surface area contributed by atoms with Gasteiger partial charge in [-0.05, 0) is 17.5 Å². The molecule has 0 spiro atoms. The van der Waals surface area contributed by atoms with Crippen LogP contribution in [0.3, 0.4) is 0 Å². The van der Waals surface area contributed by atoms with E-state index in [-0.39, 0.29) is 6.10 Å². The molecule has 0 fully saturated rings. The molecule has 0 saturated carbocycles. The third kappa shape index (κ3) is 3.91. The molecule has 1 aliphatic heterocycles. The lowest BCUT2D eigenvalue weighted by Crippen LogP contribution is -2.40. The van der Waals surface area contributed by atoms with Gasteiger partial charge in [-0.1, -0.05) is 24.3 Å². The van der Waals surface area contributed by atoms with E-state index in [9.17, 15) is 5.11 Å². The number of aromatic nitrogens is 2. The van der Waals surface area contributed by atoms with Gasteiger partial charge in [-0.15, -0.1) is 0 Å². The van der Waals surface area contributed by atoms with E-state index in [1.165, 1.54) is 11.1 Å². The molecule has 21 heavy (non-hydrogen) atoms. The molecular formula is C16H22N4O. The first kappa shape index (κ1) is 14.3. The predicted octanol–water partition coefficient (Wildman–Crippen LogP) is 0.918. The SMILES string of the molecule is O[C@H](CNCc1ncc[nH]1)CN1CCc2ccccc2C1. The van der Waals surface area contributed by atoms with Crippen LogP contribution in [0.1, 0.15) is 17.0 Å². The molecule has 1 aromatic heterocycles. The molecule has 1 aliphatic rings. The highest BCUT2D eigenvalue weighted by Gasteiger charge is 2.18. The Morgan fingerprint density at radius 1 is 1.33 bits per heavy atom. The highest BCUT2D eigenvalue weighted by atomic mass is 16.3. The van der Waals surface area contributed by atoms with Crippen LogP contribution in [-0.2, 0) is 19.5 Å². The molecule has 0 amide bonds. The van der Waals surface area contributed by atoms with Crippen molar-refractivity contribution in [2.45, 2.75) is 25.6 Å². The Morgan fingerprint density at radius 3 is 3.00 bits per heavy atom. The van der Waals surface area contributed by atoms with Gasteiger partial charge in [0.25, 0.3) is 0 Å². The minimum atomic E-state index is -0.356. The van der Waals surface area contributed by atoms with E-state index in [4.69, 9.17) is 0 Å². The molecule has 112 valence electrons. The highest BCUT2D eigenvalue weighted by molar-refractivity contribution is 5.29. The van der Waals surface area contributed by atoms with Crippen LogP contribution in [0.4, 0.5) is 0 Å². The van der Waals surface area contributed by atoms with Crippen LogP contribution in [0.2, 0.25) is 0 Å². The summed E-state index contributed by atoms with van der Waals surface area (Å²) in [5.41, 5.74) is 2.83. The van der Waals surface area contributed by atoms with Gasteiger partial charge in [0.1, 0.15) is 5.82 Å². The van der Waals surface area contributed by atoms with Gasteiger partial charge in [0.2, 0.25) is 0 Å². The zero-order chi connectivity index (χ0) is 14.5. The smallest absolute Gasteiger partial charge is 0.120 e. The van der Waals surface area contributed by atoms with Crippen molar-refractivity contribution in [2.75, 3.05) is 19.6 Å². The number of rotatable bonds is 6. The summed E-state index contributed by atoms with van der Waals surface area (Å²) in [6, 6.07) is 8.57. The molecule has 0 radical (unpaired) electrons. The van der Waals surface area contributed by atoms with Crippen molar-refractivity contribution in [3.63, 3.8) is 0 Å². The van der Waals surface area contributed by atoms with Gasteiger partial charge in [-0.3, -0.25) is 4.90 Å². The number of nitrogens with one attached hydrogen (secondary N) is 2. The Kier molecular flexibility index (Phi) is 4.65. The molecule has 1 aromatic carbocycles. The van der Waals surface area contributed by atoms with Gasteiger partial charge in [-0.2, -0.15) is 0 Å². The summed E-state index contributed by atoms with van der Waals surface area (Å²) in [5.74, 6) is 0.897. The van der Waals surface area contributed by atoms with Gasteiger partial charge >= 0.3 is 0 Å². The summed E-state index contributed by atoms with van der Waals surface area (Å²) in [7, 11) is 0. The fraction of sp³-hybridized carbons (Fsp3) is 0.438. The minimum absolute atomic E-state index is 0.356. The van der Waals surface area contributed by atoms with Crippen molar-refractivity contribution >= 4 is 0 Å². The van der Waals surface area contributed by atoms with E-state index >= 15 is 0 Å². The minimum Gasteiger partial charge on any atom is -0.390 e. The Morgan fingerprint density at radius 2 is 2.19 bits per heavy atom. The van der Waals surface area contributed by atoms with Crippen molar-refractivity contribution in [3.8, 4) is 0 Å². The maximum Gasteiger partial charge on any atom is 0.120 e. The summed E-state index contributed by atoms with van der Waals surface area (Å²) in [6.45, 7) is 3.91. The monoisotopic (exact) mass is 286 g/mol. The Hall–Kier alpha value is -1.69. The average molecular weight is 286 g/mol. The van der Waals surface area contributed by atoms with Crippen molar-refractivity contribution in [3.05, 3.63) is 53.6 Å². The molecule has 5 heteroatoms. The number of β-amino-alcohol motifs (C(OH)–C–C–N with tert-alkyl or cyclic N) is 1. The summed E-state index contributed by atoms with van der Waals surface area (Å²) >= 11 is 0. The molecule has 0 aliphatic carbocycles. The molecule has 5 nitrogen and oxygen atoms in total. The highest BCUT2D eigenvalue weighted by Crippen LogP contribution is 2.18. The molecule has 2 heterocycles. The third-order valence-electron chi connectivity index (χ3n) is 3.91. The van der Waals surface area contributed by atoms with Crippen molar-refractivity contribution in [1.29, 1.82) is 0 Å². The first-order chi connectivity index (χ1) is 10.3. The van der Waals surface area contributed by atoms with E-state index in [1.54, 1.807) is 12.4 Å². The number of hydrogen-bond donors (Lipinski definition) is 3. The third-order valence-corrected chi connectivity index (χ3v) is 3.91. The summed E-state index contributed by atoms with van der Waals surface area (Å²) in [4.78, 5) is 9.50. The Bertz CT molecular complexity index is 555. The number of benzene rings is 1. The predicted molar refractivity (Wildman–Crippen MR) is 81.7 cm³/mol. The lowest BCUT2D eigenvalue weighted by Gasteiger charge is -2.30.